The summed E-state index contributed by atoms with van der Waals surface area (Å²) < 4.78 is 1.99. The molecular weight excluding hydrogens is 336 g/mol. The van der Waals surface area contributed by atoms with E-state index < -0.39 is 0 Å². The van der Waals surface area contributed by atoms with Crippen LogP contribution in [-0.2, 0) is 0 Å². The molecule has 0 bridgehead atoms. The lowest BCUT2D eigenvalue weighted by Crippen LogP contribution is -2.48. The number of anilines is 1. The van der Waals surface area contributed by atoms with Crippen molar-refractivity contribution in [1.29, 1.82) is 0 Å². The Labute approximate surface area is 163 Å². The van der Waals surface area contributed by atoms with Crippen LogP contribution in [0.2, 0.25) is 0 Å². The largest absolute Gasteiger partial charge is 0.369 e. The van der Waals surface area contributed by atoms with E-state index in [2.05, 4.69) is 85.1 Å². The van der Waals surface area contributed by atoms with Crippen LogP contribution in [0.4, 0.5) is 5.69 Å². The van der Waals surface area contributed by atoms with Crippen molar-refractivity contribution >= 4 is 5.69 Å². The Morgan fingerprint density at radius 2 is 1.70 bits per heavy atom. The van der Waals surface area contributed by atoms with Gasteiger partial charge in [-0.05, 0) is 67.7 Å². The second kappa shape index (κ2) is 8.38. The van der Waals surface area contributed by atoms with Crippen molar-refractivity contribution in [3.8, 4) is 0 Å². The number of rotatable bonds is 6. The molecule has 2 heterocycles. The average Bonchev–Trinajstić information content (AvgIpc) is 3.11. The zero-order valence-electron chi connectivity index (χ0n) is 17.7. The third-order valence-corrected chi connectivity index (χ3v) is 5.46. The minimum absolute atomic E-state index is 0.279. The maximum atomic E-state index is 4.42. The molecule has 1 aromatic carbocycles. The zero-order valence-corrected chi connectivity index (χ0v) is 17.7. The van der Waals surface area contributed by atoms with E-state index >= 15 is 0 Å². The van der Waals surface area contributed by atoms with Gasteiger partial charge in [-0.15, -0.1) is 5.10 Å². The lowest BCUT2D eigenvalue weighted by Gasteiger charge is -2.41. The topological polar surface area (TPSA) is 50.1 Å². The Morgan fingerprint density at radius 3 is 2.33 bits per heavy atom. The summed E-state index contributed by atoms with van der Waals surface area (Å²) in [5.41, 5.74) is 4.06. The minimum atomic E-state index is 0.279. The van der Waals surface area contributed by atoms with E-state index in [9.17, 15) is 0 Å². The van der Waals surface area contributed by atoms with Crippen LogP contribution in [0.5, 0.6) is 0 Å². The molecule has 6 nitrogen and oxygen atoms in total. The van der Waals surface area contributed by atoms with Gasteiger partial charge in [-0.2, -0.15) is 0 Å². The smallest absolute Gasteiger partial charge is 0.168 e. The van der Waals surface area contributed by atoms with Crippen molar-refractivity contribution in [1.82, 2.24) is 25.1 Å². The molecule has 27 heavy (non-hydrogen) atoms. The molecule has 0 amide bonds. The average molecular weight is 371 g/mol. The van der Waals surface area contributed by atoms with Gasteiger partial charge >= 0.3 is 0 Å². The second-order valence-corrected chi connectivity index (χ2v) is 8.53. The molecule has 1 atom stereocenters. The summed E-state index contributed by atoms with van der Waals surface area (Å²) in [4.78, 5) is 5.10. The molecular formula is C21H34N6. The Balaban J connectivity index is 1.76. The quantitative estimate of drug-likeness (QED) is 0.774. The SMILES string of the molecule is Cc1ccc(C)c(N2CCN([C@H](CC(C)C)c3nnnn3C(C)C)CC2)c1. The summed E-state index contributed by atoms with van der Waals surface area (Å²) in [6.45, 7) is 17.4. The summed E-state index contributed by atoms with van der Waals surface area (Å²) in [6, 6.07) is 7.30. The molecule has 0 unspecified atom stereocenters. The van der Waals surface area contributed by atoms with Crippen molar-refractivity contribution in [2.45, 2.75) is 60.0 Å². The molecule has 0 saturated carbocycles. The molecule has 0 N–H and O–H groups in total. The predicted molar refractivity (Wildman–Crippen MR) is 110 cm³/mol. The van der Waals surface area contributed by atoms with E-state index in [1.54, 1.807) is 0 Å². The highest BCUT2D eigenvalue weighted by Gasteiger charge is 2.30. The first kappa shape index (κ1) is 19.8. The molecule has 2 aromatic rings. The van der Waals surface area contributed by atoms with Gasteiger partial charge in [0, 0.05) is 31.9 Å². The van der Waals surface area contributed by atoms with E-state index in [4.69, 9.17) is 0 Å². The monoisotopic (exact) mass is 370 g/mol. The summed E-state index contributed by atoms with van der Waals surface area (Å²) in [7, 11) is 0. The fraction of sp³-hybridized carbons (Fsp3) is 0.667. The number of hydrogen-bond donors (Lipinski definition) is 0. The first-order chi connectivity index (χ1) is 12.9. The van der Waals surface area contributed by atoms with E-state index in [0.29, 0.717) is 5.92 Å². The standard InChI is InChI=1S/C21H34N6/c1-15(2)13-20(21-22-23-24-27(21)16(3)4)26-11-9-25(10-12-26)19-14-17(5)7-8-18(19)6/h7-8,14-16,20H,9-13H2,1-6H3/t20-/m1/s1. The Hall–Kier alpha value is -1.95. The summed E-state index contributed by atoms with van der Waals surface area (Å²) >= 11 is 0. The third-order valence-electron chi connectivity index (χ3n) is 5.46. The van der Waals surface area contributed by atoms with Crippen LogP contribution in [-0.4, -0.2) is 51.3 Å². The molecule has 1 saturated heterocycles. The summed E-state index contributed by atoms with van der Waals surface area (Å²) in [5, 5.41) is 12.6. The third kappa shape index (κ3) is 4.49. The number of benzene rings is 1. The van der Waals surface area contributed by atoms with E-state index in [-0.39, 0.29) is 12.1 Å². The van der Waals surface area contributed by atoms with Crippen molar-refractivity contribution in [3.63, 3.8) is 0 Å². The lowest BCUT2D eigenvalue weighted by molar-refractivity contribution is 0.151. The molecule has 3 rings (SSSR count). The zero-order chi connectivity index (χ0) is 19.6. The molecule has 1 fully saturated rings. The molecule has 1 aliphatic heterocycles. The highest BCUT2D eigenvalue weighted by molar-refractivity contribution is 5.55. The Bertz CT molecular complexity index is 743. The maximum absolute atomic E-state index is 4.42. The first-order valence-corrected chi connectivity index (χ1v) is 10.2. The number of hydrogen-bond acceptors (Lipinski definition) is 5. The van der Waals surface area contributed by atoms with Gasteiger partial charge in [0.05, 0.1) is 12.1 Å². The number of tetrazole rings is 1. The molecule has 1 aliphatic rings. The van der Waals surface area contributed by atoms with E-state index in [1.165, 1.54) is 16.8 Å². The van der Waals surface area contributed by atoms with Crippen molar-refractivity contribution in [2.75, 3.05) is 31.1 Å². The van der Waals surface area contributed by atoms with Crippen molar-refractivity contribution in [3.05, 3.63) is 35.2 Å². The van der Waals surface area contributed by atoms with Gasteiger partial charge in [0.1, 0.15) is 0 Å². The van der Waals surface area contributed by atoms with Crippen LogP contribution < -0.4 is 4.90 Å². The predicted octanol–water partition coefficient (Wildman–Crippen LogP) is 3.78. The fourth-order valence-electron chi connectivity index (χ4n) is 3.99. The minimum Gasteiger partial charge on any atom is -0.369 e. The number of nitrogens with zero attached hydrogens (tertiary/aromatic N) is 6. The van der Waals surface area contributed by atoms with Gasteiger partial charge < -0.3 is 4.90 Å². The first-order valence-electron chi connectivity index (χ1n) is 10.2. The number of piperazine rings is 1. The number of aromatic nitrogens is 4. The summed E-state index contributed by atoms with van der Waals surface area (Å²) in [5.74, 6) is 1.61. The Kier molecular flexibility index (Phi) is 6.15. The molecule has 0 spiro atoms. The number of aryl methyl sites for hydroxylation is 2. The molecule has 6 heteroatoms. The van der Waals surface area contributed by atoms with Crippen LogP contribution >= 0.6 is 0 Å². The van der Waals surface area contributed by atoms with Crippen molar-refractivity contribution < 1.29 is 0 Å². The van der Waals surface area contributed by atoms with Gasteiger partial charge in [0.25, 0.3) is 0 Å². The van der Waals surface area contributed by atoms with Crippen molar-refractivity contribution in [2.24, 2.45) is 5.92 Å². The van der Waals surface area contributed by atoms with Gasteiger partial charge in [0.15, 0.2) is 5.82 Å². The van der Waals surface area contributed by atoms with Gasteiger partial charge in [0.2, 0.25) is 0 Å². The van der Waals surface area contributed by atoms with Gasteiger partial charge in [-0.1, -0.05) is 26.0 Å². The highest BCUT2D eigenvalue weighted by Crippen LogP contribution is 2.30. The lowest BCUT2D eigenvalue weighted by atomic mass is 10.0. The van der Waals surface area contributed by atoms with E-state index in [0.717, 1.165) is 38.4 Å². The fourth-order valence-corrected chi connectivity index (χ4v) is 3.99. The molecule has 1 aromatic heterocycles. The second-order valence-electron chi connectivity index (χ2n) is 8.53. The summed E-state index contributed by atoms with van der Waals surface area (Å²) in [6.07, 6.45) is 1.08. The Morgan fingerprint density at radius 1 is 1.00 bits per heavy atom. The van der Waals surface area contributed by atoms with Crippen LogP contribution in [0.3, 0.4) is 0 Å². The van der Waals surface area contributed by atoms with Crippen LogP contribution in [0, 0.1) is 19.8 Å². The van der Waals surface area contributed by atoms with Crippen LogP contribution in [0.1, 0.15) is 63.2 Å². The van der Waals surface area contributed by atoms with Crippen LogP contribution in [0.15, 0.2) is 18.2 Å². The normalized spacial score (nSPS) is 17.1. The highest BCUT2D eigenvalue weighted by atomic mass is 15.6. The van der Waals surface area contributed by atoms with Gasteiger partial charge in [-0.25, -0.2) is 4.68 Å². The van der Waals surface area contributed by atoms with Gasteiger partial charge in [-0.3, -0.25) is 4.90 Å². The molecule has 0 aliphatic carbocycles. The van der Waals surface area contributed by atoms with E-state index in [1.807, 2.05) is 4.68 Å². The molecule has 148 valence electrons. The maximum Gasteiger partial charge on any atom is 0.168 e. The molecule has 0 radical (unpaired) electrons. The van der Waals surface area contributed by atoms with Crippen LogP contribution in [0.25, 0.3) is 0 Å².